The van der Waals surface area contributed by atoms with Gasteiger partial charge >= 0.3 is 0 Å². The Labute approximate surface area is 195 Å². The van der Waals surface area contributed by atoms with E-state index in [4.69, 9.17) is 4.74 Å². The highest BCUT2D eigenvalue weighted by atomic mass is 19.1. The zero-order valence-corrected chi connectivity index (χ0v) is 19.3. The van der Waals surface area contributed by atoms with Crippen LogP contribution in [0.15, 0.2) is 66.7 Å². The fraction of sp³-hybridized carbons (Fsp3) is 0.321. The van der Waals surface area contributed by atoms with Crippen LogP contribution >= 0.6 is 0 Å². The zero-order valence-electron chi connectivity index (χ0n) is 19.3. The highest BCUT2D eigenvalue weighted by Gasteiger charge is 2.25. The van der Waals surface area contributed by atoms with Crippen molar-refractivity contribution in [3.8, 4) is 16.9 Å². The van der Waals surface area contributed by atoms with E-state index >= 15 is 0 Å². The van der Waals surface area contributed by atoms with Crippen molar-refractivity contribution in [1.29, 1.82) is 0 Å². The summed E-state index contributed by atoms with van der Waals surface area (Å²) in [6.07, 6.45) is 1.66. The average Bonchev–Trinajstić information content (AvgIpc) is 2.84. The highest BCUT2D eigenvalue weighted by Crippen LogP contribution is 2.30. The molecule has 0 unspecified atom stereocenters. The number of hydrogen-bond acceptors (Lipinski definition) is 3. The molecule has 1 amide bonds. The Balaban J connectivity index is 1.34. The lowest BCUT2D eigenvalue weighted by Crippen LogP contribution is -2.40. The van der Waals surface area contributed by atoms with Gasteiger partial charge < -0.3 is 10.1 Å². The summed E-state index contributed by atoms with van der Waals surface area (Å²) in [5.41, 5.74) is 5.75. The van der Waals surface area contributed by atoms with Gasteiger partial charge in [-0.05, 0) is 79.4 Å². The Morgan fingerprint density at radius 3 is 2.48 bits per heavy atom. The smallest absolute Gasteiger partial charge is 0.223 e. The van der Waals surface area contributed by atoms with Crippen molar-refractivity contribution in [2.75, 3.05) is 20.2 Å². The topological polar surface area (TPSA) is 41.6 Å². The van der Waals surface area contributed by atoms with Crippen LogP contribution in [0.2, 0.25) is 0 Å². The van der Waals surface area contributed by atoms with E-state index in [0.717, 1.165) is 49.4 Å². The van der Waals surface area contributed by atoms with E-state index in [0.29, 0.717) is 6.54 Å². The Kier molecular flexibility index (Phi) is 7.40. The molecule has 1 saturated heterocycles. The first-order chi connectivity index (χ1) is 16.0. The first kappa shape index (κ1) is 23.0. The van der Waals surface area contributed by atoms with Gasteiger partial charge in [-0.15, -0.1) is 0 Å². The number of ether oxygens (including phenoxy) is 1. The minimum absolute atomic E-state index is 0.0156. The van der Waals surface area contributed by atoms with Crippen LogP contribution in [0.3, 0.4) is 0 Å². The summed E-state index contributed by atoms with van der Waals surface area (Å²) in [7, 11) is 1.71. The van der Waals surface area contributed by atoms with Gasteiger partial charge in [0, 0.05) is 24.6 Å². The number of nitrogens with zero attached hydrogens (tertiary/aromatic N) is 1. The minimum atomic E-state index is -0.265. The van der Waals surface area contributed by atoms with Gasteiger partial charge in [0.15, 0.2) is 0 Å². The third kappa shape index (κ3) is 5.79. The third-order valence-corrected chi connectivity index (χ3v) is 6.47. The number of hydrogen-bond donors (Lipinski definition) is 1. The van der Waals surface area contributed by atoms with Crippen LogP contribution in [-0.2, 0) is 17.9 Å². The molecule has 172 valence electrons. The highest BCUT2D eigenvalue weighted by molar-refractivity contribution is 5.78. The number of likely N-dealkylation sites (tertiary alicyclic amines) is 1. The number of nitrogens with one attached hydrogen (secondary N) is 1. The molecule has 33 heavy (non-hydrogen) atoms. The Morgan fingerprint density at radius 2 is 1.79 bits per heavy atom. The lowest BCUT2D eigenvalue weighted by molar-refractivity contribution is -0.126. The molecule has 1 N–H and O–H groups in total. The Hall–Kier alpha value is -3.18. The van der Waals surface area contributed by atoms with E-state index in [1.165, 1.54) is 28.8 Å². The van der Waals surface area contributed by atoms with Crippen molar-refractivity contribution in [3.63, 3.8) is 0 Å². The number of benzene rings is 3. The summed E-state index contributed by atoms with van der Waals surface area (Å²) in [4.78, 5) is 15.0. The van der Waals surface area contributed by atoms with Crippen molar-refractivity contribution in [2.24, 2.45) is 5.92 Å². The fourth-order valence-corrected chi connectivity index (χ4v) is 4.50. The molecule has 0 spiro atoms. The van der Waals surface area contributed by atoms with Crippen LogP contribution in [0, 0.1) is 18.7 Å². The molecule has 1 aliphatic heterocycles. The van der Waals surface area contributed by atoms with E-state index < -0.39 is 0 Å². The molecule has 1 heterocycles. The maximum atomic E-state index is 13.0. The van der Waals surface area contributed by atoms with E-state index in [1.54, 1.807) is 19.2 Å². The molecule has 0 atom stereocenters. The van der Waals surface area contributed by atoms with E-state index in [-0.39, 0.29) is 17.6 Å². The second-order valence-corrected chi connectivity index (χ2v) is 8.74. The van der Waals surface area contributed by atoms with E-state index in [2.05, 4.69) is 53.5 Å². The molecule has 3 aromatic carbocycles. The fourth-order valence-electron chi connectivity index (χ4n) is 4.50. The molecule has 4 rings (SSSR count). The predicted octanol–water partition coefficient (Wildman–Crippen LogP) is 5.34. The van der Waals surface area contributed by atoms with Gasteiger partial charge in [0.05, 0.1) is 7.11 Å². The number of methoxy groups -OCH3 is 1. The number of aryl methyl sites for hydroxylation is 1. The monoisotopic (exact) mass is 446 g/mol. The minimum Gasteiger partial charge on any atom is -0.496 e. The van der Waals surface area contributed by atoms with E-state index in [9.17, 15) is 9.18 Å². The second-order valence-electron chi connectivity index (χ2n) is 8.74. The van der Waals surface area contributed by atoms with Gasteiger partial charge in [-0.1, -0.05) is 42.5 Å². The molecule has 0 saturated carbocycles. The third-order valence-electron chi connectivity index (χ3n) is 6.47. The average molecular weight is 447 g/mol. The zero-order chi connectivity index (χ0) is 23.2. The Morgan fingerprint density at radius 1 is 1.06 bits per heavy atom. The number of carbonyl (C=O) groups excluding carboxylic acids is 1. The number of halogens is 1. The lowest BCUT2D eigenvalue weighted by atomic mass is 9.94. The summed E-state index contributed by atoms with van der Waals surface area (Å²) in [5.74, 6) is 0.727. The number of amides is 1. The van der Waals surface area contributed by atoms with Gasteiger partial charge in [-0.3, -0.25) is 9.69 Å². The maximum absolute atomic E-state index is 13.0. The molecule has 0 aliphatic carbocycles. The summed E-state index contributed by atoms with van der Waals surface area (Å²) in [5, 5.41) is 3.00. The lowest BCUT2D eigenvalue weighted by Gasteiger charge is -2.31. The molecule has 5 heteroatoms. The summed E-state index contributed by atoms with van der Waals surface area (Å²) in [6, 6.07) is 21.0. The van der Waals surface area contributed by atoms with Crippen molar-refractivity contribution in [2.45, 2.75) is 32.9 Å². The summed E-state index contributed by atoms with van der Waals surface area (Å²) in [6.45, 7) is 5.10. The molecule has 3 aromatic rings. The molecule has 0 aromatic heterocycles. The molecule has 1 fully saturated rings. The summed E-state index contributed by atoms with van der Waals surface area (Å²) >= 11 is 0. The van der Waals surface area contributed by atoms with Gasteiger partial charge in [0.1, 0.15) is 11.6 Å². The van der Waals surface area contributed by atoms with Crippen LogP contribution in [0.25, 0.3) is 11.1 Å². The van der Waals surface area contributed by atoms with Crippen molar-refractivity contribution < 1.29 is 13.9 Å². The van der Waals surface area contributed by atoms with Crippen LogP contribution in [0.5, 0.6) is 5.75 Å². The van der Waals surface area contributed by atoms with Crippen molar-refractivity contribution in [1.82, 2.24) is 10.2 Å². The second kappa shape index (κ2) is 10.6. The molecule has 0 bridgehead atoms. The Bertz CT molecular complexity index is 1090. The molecular weight excluding hydrogens is 415 g/mol. The van der Waals surface area contributed by atoms with Gasteiger partial charge in [-0.2, -0.15) is 0 Å². The quantitative estimate of drug-likeness (QED) is 0.533. The number of piperidine rings is 1. The van der Waals surface area contributed by atoms with Crippen LogP contribution in [0.4, 0.5) is 4.39 Å². The largest absolute Gasteiger partial charge is 0.496 e. The number of carbonyl (C=O) groups is 1. The van der Waals surface area contributed by atoms with Gasteiger partial charge in [0.2, 0.25) is 5.91 Å². The molecule has 0 radical (unpaired) electrons. The first-order valence-electron chi connectivity index (χ1n) is 11.5. The van der Waals surface area contributed by atoms with Crippen molar-refractivity contribution in [3.05, 3.63) is 89.2 Å². The van der Waals surface area contributed by atoms with Crippen LogP contribution in [0.1, 0.15) is 29.5 Å². The van der Waals surface area contributed by atoms with Crippen molar-refractivity contribution >= 4 is 5.91 Å². The number of rotatable bonds is 7. The predicted molar refractivity (Wildman–Crippen MR) is 129 cm³/mol. The standard InChI is InChI=1S/C28H31FN2O2/c1-20-5-3-4-6-26(20)23-9-12-27(33-2)24(17-23)19-31-15-13-22(14-16-31)28(32)30-18-21-7-10-25(29)11-8-21/h3-12,17,22H,13-16,18-19H2,1-2H3,(H,30,32). The van der Waals surface area contributed by atoms with Gasteiger partial charge in [-0.25, -0.2) is 4.39 Å². The molecular formula is C28H31FN2O2. The van der Waals surface area contributed by atoms with Gasteiger partial charge in [0.25, 0.3) is 0 Å². The van der Waals surface area contributed by atoms with Crippen LogP contribution < -0.4 is 10.1 Å². The first-order valence-corrected chi connectivity index (χ1v) is 11.5. The van der Waals surface area contributed by atoms with Crippen LogP contribution in [-0.4, -0.2) is 31.0 Å². The maximum Gasteiger partial charge on any atom is 0.223 e. The van der Waals surface area contributed by atoms with E-state index in [1.807, 2.05) is 6.07 Å². The SMILES string of the molecule is COc1ccc(-c2ccccc2C)cc1CN1CCC(C(=O)NCc2ccc(F)cc2)CC1. The summed E-state index contributed by atoms with van der Waals surface area (Å²) < 4.78 is 18.7. The normalized spacial score (nSPS) is 14.8. The molecule has 4 nitrogen and oxygen atoms in total. The molecule has 1 aliphatic rings.